The van der Waals surface area contributed by atoms with E-state index in [4.69, 9.17) is 0 Å². The molecule has 0 saturated heterocycles. The molecule has 0 fully saturated rings. The van der Waals surface area contributed by atoms with Crippen molar-refractivity contribution in [3.05, 3.63) is 35.1 Å². The molecule has 0 amide bonds. The van der Waals surface area contributed by atoms with Crippen LogP contribution in [0.3, 0.4) is 0 Å². The topological polar surface area (TPSA) is 49.4 Å². The van der Waals surface area contributed by atoms with Crippen molar-refractivity contribution in [3.8, 4) is 0 Å². The number of hydrogen-bond acceptors (Lipinski definition) is 3. The van der Waals surface area contributed by atoms with Crippen molar-refractivity contribution in [1.82, 2.24) is 9.62 Å². The summed E-state index contributed by atoms with van der Waals surface area (Å²) < 4.78 is 37.4. The highest BCUT2D eigenvalue weighted by atomic mass is 32.2. The molecule has 6 heteroatoms. The first-order valence-corrected chi connectivity index (χ1v) is 7.30. The number of aryl methyl sites for hydroxylation is 1. The molecule has 0 saturated carbocycles. The molecule has 0 heterocycles. The van der Waals surface area contributed by atoms with E-state index in [2.05, 4.69) is 5.32 Å². The van der Waals surface area contributed by atoms with E-state index in [0.29, 0.717) is 18.7 Å². The molecule has 0 atom stereocenters. The van der Waals surface area contributed by atoms with Crippen LogP contribution in [-0.2, 0) is 16.6 Å². The molecule has 0 aliphatic carbocycles. The van der Waals surface area contributed by atoms with E-state index >= 15 is 0 Å². The molecule has 0 spiro atoms. The predicted molar refractivity (Wildman–Crippen MR) is 70.3 cm³/mol. The van der Waals surface area contributed by atoms with Gasteiger partial charge in [0.1, 0.15) is 5.82 Å². The zero-order valence-electron chi connectivity index (χ0n) is 10.9. The first kappa shape index (κ1) is 15.1. The first-order valence-electron chi connectivity index (χ1n) is 5.69. The van der Waals surface area contributed by atoms with Gasteiger partial charge < -0.3 is 5.32 Å². The van der Waals surface area contributed by atoms with Gasteiger partial charge in [-0.1, -0.05) is 12.1 Å². The maximum Gasteiger partial charge on any atom is 0.214 e. The van der Waals surface area contributed by atoms with Crippen LogP contribution in [0.5, 0.6) is 0 Å². The second kappa shape index (κ2) is 6.26. The Labute approximate surface area is 108 Å². The fraction of sp³-hybridized carbons (Fsp3) is 0.500. The van der Waals surface area contributed by atoms with Gasteiger partial charge in [-0.3, -0.25) is 0 Å². The summed E-state index contributed by atoms with van der Waals surface area (Å²) in [6.45, 7) is 2.51. The number of nitrogens with one attached hydrogen (secondary N) is 1. The molecule has 18 heavy (non-hydrogen) atoms. The van der Waals surface area contributed by atoms with Gasteiger partial charge in [-0.25, -0.2) is 17.1 Å². The van der Waals surface area contributed by atoms with Crippen LogP contribution in [0.15, 0.2) is 18.2 Å². The van der Waals surface area contributed by atoms with Crippen LogP contribution >= 0.6 is 0 Å². The minimum atomic E-state index is -3.17. The molecule has 1 rings (SSSR count). The van der Waals surface area contributed by atoms with Gasteiger partial charge in [0.05, 0.1) is 5.75 Å². The zero-order chi connectivity index (χ0) is 13.8. The number of halogens is 1. The van der Waals surface area contributed by atoms with E-state index in [9.17, 15) is 12.8 Å². The van der Waals surface area contributed by atoms with Crippen LogP contribution in [0.4, 0.5) is 4.39 Å². The van der Waals surface area contributed by atoms with Gasteiger partial charge >= 0.3 is 0 Å². The van der Waals surface area contributed by atoms with Crippen LogP contribution in [0.1, 0.15) is 11.1 Å². The zero-order valence-corrected chi connectivity index (χ0v) is 11.7. The van der Waals surface area contributed by atoms with E-state index in [1.54, 1.807) is 13.0 Å². The summed E-state index contributed by atoms with van der Waals surface area (Å²) in [7, 11) is -0.161. The summed E-state index contributed by atoms with van der Waals surface area (Å²) in [6.07, 6.45) is 0. The van der Waals surface area contributed by atoms with Gasteiger partial charge in [0.15, 0.2) is 0 Å². The predicted octanol–water partition coefficient (Wildman–Crippen LogP) is 1.12. The summed E-state index contributed by atoms with van der Waals surface area (Å²) in [4.78, 5) is 0. The second-order valence-electron chi connectivity index (χ2n) is 4.36. The lowest BCUT2D eigenvalue weighted by atomic mass is 10.1. The number of hydrogen-bond donors (Lipinski definition) is 1. The lowest BCUT2D eigenvalue weighted by Crippen LogP contribution is -2.31. The molecule has 0 aliphatic rings. The van der Waals surface area contributed by atoms with Crippen LogP contribution in [0.2, 0.25) is 0 Å². The maximum absolute atomic E-state index is 13.3. The largest absolute Gasteiger partial charge is 0.312 e. The van der Waals surface area contributed by atoms with E-state index in [-0.39, 0.29) is 11.6 Å². The molecule has 1 aromatic rings. The minimum absolute atomic E-state index is 0.0361. The fourth-order valence-corrected chi connectivity index (χ4v) is 2.13. The number of rotatable bonds is 6. The quantitative estimate of drug-likeness (QED) is 0.791. The van der Waals surface area contributed by atoms with E-state index in [0.717, 1.165) is 5.56 Å². The summed E-state index contributed by atoms with van der Waals surface area (Å²) in [5.41, 5.74) is 1.41. The standard InChI is InChI=1S/C12H19FN2O2S/c1-10-4-5-11(8-12(10)13)9-14-6-7-18(16,17)15(2)3/h4-5,8,14H,6-7,9H2,1-3H3. The monoisotopic (exact) mass is 274 g/mol. The average molecular weight is 274 g/mol. The van der Waals surface area contributed by atoms with Crippen molar-refractivity contribution in [2.75, 3.05) is 26.4 Å². The molecular weight excluding hydrogens is 255 g/mol. The number of benzene rings is 1. The van der Waals surface area contributed by atoms with Gasteiger partial charge in [-0.15, -0.1) is 0 Å². The Bertz CT molecular complexity index is 501. The van der Waals surface area contributed by atoms with Crippen molar-refractivity contribution < 1.29 is 12.8 Å². The third kappa shape index (κ3) is 4.36. The Morgan fingerprint density at radius 2 is 2.00 bits per heavy atom. The summed E-state index contributed by atoms with van der Waals surface area (Å²) >= 11 is 0. The summed E-state index contributed by atoms with van der Waals surface area (Å²) in [6, 6.07) is 5.00. The lowest BCUT2D eigenvalue weighted by molar-refractivity contribution is 0.517. The molecule has 102 valence electrons. The van der Waals surface area contributed by atoms with Crippen molar-refractivity contribution in [2.45, 2.75) is 13.5 Å². The van der Waals surface area contributed by atoms with Gasteiger partial charge in [0.2, 0.25) is 10.0 Å². The molecule has 0 aliphatic heterocycles. The van der Waals surface area contributed by atoms with Crippen molar-refractivity contribution in [1.29, 1.82) is 0 Å². The maximum atomic E-state index is 13.3. The first-order chi connectivity index (χ1) is 8.33. The molecular formula is C12H19FN2O2S. The van der Waals surface area contributed by atoms with Crippen LogP contribution < -0.4 is 5.32 Å². The lowest BCUT2D eigenvalue weighted by Gasteiger charge is -2.11. The van der Waals surface area contributed by atoms with E-state index in [1.165, 1.54) is 24.5 Å². The molecule has 0 aromatic heterocycles. The van der Waals surface area contributed by atoms with Gasteiger partial charge in [0.25, 0.3) is 0 Å². The van der Waals surface area contributed by atoms with Gasteiger partial charge in [-0.05, 0) is 24.1 Å². The van der Waals surface area contributed by atoms with Crippen molar-refractivity contribution >= 4 is 10.0 Å². The highest BCUT2D eigenvalue weighted by Crippen LogP contribution is 2.08. The molecule has 0 bridgehead atoms. The van der Waals surface area contributed by atoms with E-state index in [1.807, 2.05) is 6.07 Å². The highest BCUT2D eigenvalue weighted by molar-refractivity contribution is 7.89. The minimum Gasteiger partial charge on any atom is -0.312 e. The molecule has 0 radical (unpaired) electrons. The summed E-state index contributed by atoms with van der Waals surface area (Å²) in [5, 5.41) is 2.99. The Balaban J connectivity index is 2.41. The average Bonchev–Trinajstić information content (AvgIpc) is 2.29. The molecule has 1 aromatic carbocycles. The van der Waals surface area contributed by atoms with Crippen LogP contribution in [0, 0.1) is 12.7 Å². The Morgan fingerprint density at radius 3 is 2.56 bits per heavy atom. The van der Waals surface area contributed by atoms with Crippen LogP contribution in [-0.4, -0.2) is 39.1 Å². The van der Waals surface area contributed by atoms with Crippen molar-refractivity contribution in [2.24, 2.45) is 0 Å². The summed E-state index contributed by atoms with van der Waals surface area (Å²) in [5.74, 6) is -0.204. The molecule has 4 nitrogen and oxygen atoms in total. The molecule has 1 N–H and O–H groups in total. The third-order valence-electron chi connectivity index (χ3n) is 2.66. The van der Waals surface area contributed by atoms with Gasteiger partial charge in [0, 0.05) is 27.2 Å². The van der Waals surface area contributed by atoms with Crippen molar-refractivity contribution in [3.63, 3.8) is 0 Å². The van der Waals surface area contributed by atoms with Gasteiger partial charge in [-0.2, -0.15) is 0 Å². The fourth-order valence-electron chi connectivity index (χ4n) is 1.36. The SMILES string of the molecule is Cc1ccc(CNCCS(=O)(=O)N(C)C)cc1F. The Hall–Kier alpha value is -0.980. The molecule has 0 unspecified atom stereocenters. The van der Waals surface area contributed by atoms with Crippen LogP contribution in [0.25, 0.3) is 0 Å². The Morgan fingerprint density at radius 1 is 1.33 bits per heavy atom. The number of sulfonamides is 1. The second-order valence-corrected chi connectivity index (χ2v) is 6.66. The normalized spacial score (nSPS) is 12.1. The Kier molecular flexibility index (Phi) is 5.25. The smallest absolute Gasteiger partial charge is 0.214 e. The third-order valence-corrected chi connectivity index (χ3v) is 4.49. The number of nitrogens with zero attached hydrogens (tertiary/aromatic N) is 1. The highest BCUT2D eigenvalue weighted by Gasteiger charge is 2.12. The van der Waals surface area contributed by atoms with E-state index < -0.39 is 10.0 Å².